The van der Waals surface area contributed by atoms with Gasteiger partial charge in [0.25, 0.3) is 0 Å². The number of sulfonamides is 1. The Kier molecular flexibility index (Phi) is 4.74. The summed E-state index contributed by atoms with van der Waals surface area (Å²) in [4.78, 5) is 0.0877. The van der Waals surface area contributed by atoms with Crippen LogP contribution in [0.15, 0.2) is 23.1 Å². The van der Waals surface area contributed by atoms with E-state index in [1.165, 1.54) is 16.4 Å². The van der Waals surface area contributed by atoms with Crippen LogP contribution >= 0.6 is 23.2 Å². The molecule has 0 radical (unpaired) electrons. The van der Waals surface area contributed by atoms with Crippen LogP contribution in [0.2, 0.25) is 10.0 Å². The second-order valence-corrected chi connectivity index (χ2v) is 7.25. The lowest BCUT2D eigenvalue weighted by Gasteiger charge is -2.24. The van der Waals surface area contributed by atoms with Crippen molar-refractivity contribution in [3.8, 4) is 0 Å². The number of nitrogens with zero attached hydrogens (tertiary/aromatic N) is 1. The molecule has 19 heavy (non-hydrogen) atoms. The van der Waals surface area contributed by atoms with Crippen molar-refractivity contribution < 1.29 is 8.42 Å². The molecular weight excluding hydrogens is 307 g/mol. The van der Waals surface area contributed by atoms with Gasteiger partial charge < -0.3 is 5.32 Å². The Morgan fingerprint density at radius 3 is 2.84 bits per heavy atom. The van der Waals surface area contributed by atoms with Crippen molar-refractivity contribution in [2.75, 3.05) is 20.1 Å². The zero-order valence-electron chi connectivity index (χ0n) is 10.6. The van der Waals surface area contributed by atoms with E-state index in [-0.39, 0.29) is 16.0 Å². The van der Waals surface area contributed by atoms with Gasteiger partial charge in [0, 0.05) is 24.2 Å². The summed E-state index contributed by atoms with van der Waals surface area (Å²) in [6.07, 6.45) is 1.72. The van der Waals surface area contributed by atoms with Crippen LogP contribution in [0, 0.1) is 0 Å². The van der Waals surface area contributed by atoms with E-state index in [0.29, 0.717) is 18.1 Å². The predicted molar refractivity (Wildman–Crippen MR) is 77.3 cm³/mol. The summed E-state index contributed by atoms with van der Waals surface area (Å²) in [5, 5.41) is 3.60. The molecule has 0 amide bonds. The van der Waals surface area contributed by atoms with Gasteiger partial charge in [-0.25, -0.2) is 8.42 Å². The summed E-state index contributed by atoms with van der Waals surface area (Å²) < 4.78 is 26.8. The van der Waals surface area contributed by atoms with Crippen molar-refractivity contribution in [1.29, 1.82) is 0 Å². The number of hydrogen-bond donors (Lipinski definition) is 1. The van der Waals surface area contributed by atoms with Crippen molar-refractivity contribution in [2.45, 2.75) is 23.8 Å². The van der Waals surface area contributed by atoms with Gasteiger partial charge in [0.05, 0.1) is 5.02 Å². The molecule has 106 valence electrons. The molecule has 1 aromatic rings. The standard InChI is InChI=1S/C12H16Cl2N2O2S/c1-15-8-10-3-2-6-16(10)19(17,18)12-7-9(13)4-5-11(12)14/h4-5,7,10,15H,2-3,6,8H2,1H3. The number of likely N-dealkylation sites (N-methyl/N-ethyl adjacent to an activating group) is 1. The Bertz CT molecular complexity index is 563. The lowest BCUT2D eigenvalue weighted by Crippen LogP contribution is -2.40. The highest BCUT2D eigenvalue weighted by atomic mass is 35.5. The monoisotopic (exact) mass is 322 g/mol. The summed E-state index contributed by atoms with van der Waals surface area (Å²) in [7, 11) is -1.77. The fraction of sp³-hybridized carbons (Fsp3) is 0.500. The fourth-order valence-electron chi connectivity index (χ4n) is 2.37. The van der Waals surface area contributed by atoms with Gasteiger partial charge in [0.15, 0.2) is 0 Å². The SMILES string of the molecule is CNCC1CCCN1S(=O)(=O)c1cc(Cl)ccc1Cl. The van der Waals surface area contributed by atoms with Gasteiger partial charge in [0.2, 0.25) is 10.0 Å². The highest BCUT2D eigenvalue weighted by molar-refractivity contribution is 7.89. The van der Waals surface area contributed by atoms with E-state index in [1.54, 1.807) is 6.07 Å². The summed E-state index contributed by atoms with van der Waals surface area (Å²) in [5.41, 5.74) is 0. The molecule has 1 aliphatic rings. The van der Waals surface area contributed by atoms with E-state index < -0.39 is 10.0 Å². The minimum atomic E-state index is -3.59. The van der Waals surface area contributed by atoms with Gasteiger partial charge in [-0.05, 0) is 38.1 Å². The number of halogens is 2. The van der Waals surface area contributed by atoms with Crippen LogP contribution in [0.4, 0.5) is 0 Å². The second-order valence-electron chi connectivity index (χ2n) is 4.54. The van der Waals surface area contributed by atoms with Crippen LogP contribution in [-0.4, -0.2) is 38.9 Å². The molecule has 1 aromatic carbocycles. The number of rotatable bonds is 4. The van der Waals surface area contributed by atoms with Gasteiger partial charge in [-0.15, -0.1) is 0 Å². The first-order valence-electron chi connectivity index (χ1n) is 6.08. The van der Waals surface area contributed by atoms with Crippen molar-refractivity contribution in [3.63, 3.8) is 0 Å². The van der Waals surface area contributed by atoms with E-state index in [4.69, 9.17) is 23.2 Å². The van der Waals surface area contributed by atoms with Gasteiger partial charge in [-0.2, -0.15) is 4.31 Å². The zero-order valence-corrected chi connectivity index (χ0v) is 12.9. The maximum absolute atomic E-state index is 12.6. The van der Waals surface area contributed by atoms with Crippen molar-refractivity contribution in [1.82, 2.24) is 9.62 Å². The van der Waals surface area contributed by atoms with Gasteiger partial charge in [-0.1, -0.05) is 23.2 Å². The smallest absolute Gasteiger partial charge is 0.244 e. The minimum Gasteiger partial charge on any atom is -0.318 e. The van der Waals surface area contributed by atoms with Crippen LogP contribution in [0.25, 0.3) is 0 Å². The van der Waals surface area contributed by atoms with E-state index in [9.17, 15) is 8.42 Å². The Morgan fingerprint density at radius 1 is 1.42 bits per heavy atom. The molecule has 1 N–H and O–H groups in total. The maximum Gasteiger partial charge on any atom is 0.244 e. The summed E-state index contributed by atoms with van der Waals surface area (Å²) in [5.74, 6) is 0. The molecule has 1 atom stereocenters. The van der Waals surface area contributed by atoms with E-state index in [2.05, 4.69) is 5.32 Å². The molecule has 2 rings (SSSR count). The van der Waals surface area contributed by atoms with Crippen LogP contribution in [0.5, 0.6) is 0 Å². The van der Waals surface area contributed by atoms with E-state index >= 15 is 0 Å². The Hall–Kier alpha value is -0.330. The number of nitrogens with one attached hydrogen (secondary N) is 1. The highest BCUT2D eigenvalue weighted by Crippen LogP contribution is 2.31. The van der Waals surface area contributed by atoms with Crippen molar-refractivity contribution in [2.24, 2.45) is 0 Å². The molecule has 0 aromatic heterocycles. The van der Waals surface area contributed by atoms with Crippen LogP contribution in [0.3, 0.4) is 0 Å². The molecule has 0 spiro atoms. The molecule has 1 fully saturated rings. The van der Waals surface area contributed by atoms with Gasteiger partial charge in [0.1, 0.15) is 4.90 Å². The first-order valence-corrected chi connectivity index (χ1v) is 8.28. The van der Waals surface area contributed by atoms with Crippen LogP contribution in [0.1, 0.15) is 12.8 Å². The highest BCUT2D eigenvalue weighted by Gasteiger charge is 2.35. The average Bonchev–Trinajstić information content (AvgIpc) is 2.81. The Balaban J connectivity index is 2.39. The third-order valence-electron chi connectivity index (χ3n) is 3.24. The molecule has 0 saturated carbocycles. The molecule has 1 saturated heterocycles. The predicted octanol–water partition coefficient (Wildman–Crippen LogP) is 2.37. The summed E-state index contributed by atoms with van der Waals surface area (Å²) in [6.45, 7) is 1.16. The first-order chi connectivity index (χ1) is 8.96. The lowest BCUT2D eigenvalue weighted by molar-refractivity contribution is 0.379. The van der Waals surface area contributed by atoms with Crippen LogP contribution in [-0.2, 0) is 10.0 Å². The van der Waals surface area contributed by atoms with Crippen molar-refractivity contribution in [3.05, 3.63) is 28.2 Å². The molecular formula is C12H16Cl2N2O2S. The molecule has 4 nitrogen and oxygen atoms in total. The molecule has 7 heteroatoms. The van der Waals surface area contributed by atoms with Crippen molar-refractivity contribution >= 4 is 33.2 Å². The second kappa shape index (κ2) is 5.97. The minimum absolute atomic E-state index is 0.0231. The molecule has 1 heterocycles. The Labute approximate surface area is 123 Å². The quantitative estimate of drug-likeness (QED) is 0.925. The van der Waals surface area contributed by atoms with Crippen LogP contribution < -0.4 is 5.32 Å². The zero-order chi connectivity index (χ0) is 14.0. The summed E-state index contributed by atoms with van der Waals surface area (Å²) in [6, 6.07) is 4.48. The third-order valence-corrected chi connectivity index (χ3v) is 5.91. The summed E-state index contributed by atoms with van der Waals surface area (Å²) >= 11 is 11.9. The largest absolute Gasteiger partial charge is 0.318 e. The first kappa shape index (κ1) is 15.1. The van der Waals surface area contributed by atoms with Gasteiger partial charge in [-0.3, -0.25) is 0 Å². The fourth-order valence-corrected chi connectivity index (χ4v) is 4.80. The van der Waals surface area contributed by atoms with Gasteiger partial charge >= 0.3 is 0 Å². The van der Waals surface area contributed by atoms with E-state index in [0.717, 1.165) is 12.8 Å². The number of benzene rings is 1. The lowest BCUT2D eigenvalue weighted by atomic mass is 10.2. The number of hydrogen-bond acceptors (Lipinski definition) is 3. The molecule has 1 aliphatic heterocycles. The topological polar surface area (TPSA) is 49.4 Å². The molecule has 0 bridgehead atoms. The molecule has 1 unspecified atom stereocenters. The normalized spacial score (nSPS) is 20.9. The third kappa shape index (κ3) is 3.06. The molecule has 0 aliphatic carbocycles. The van der Waals surface area contributed by atoms with E-state index in [1.807, 2.05) is 7.05 Å². The maximum atomic E-state index is 12.6. The Morgan fingerprint density at radius 2 is 2.16 bits per heavy atom. The average molecular weight is 323 g/mol.